The van der Waals surface area contributed by atoms with Crippen molar-refractivity contribution < 1.29 is 4.79 Å². The molecule has 0 atom stereocenters. The molecule has 0 aliphatic carbocycles. The molecular formula is C17H19N3O2. The van der Waals surface area contributed by atoms with E-state index in [0.29, 0.717) is 11.4 Å². The molecule has 2 rings (SSSR count). The fourth-order valence-electron chi connectivity index (χ4n) is 2.30. The van der Waals surface area contributed by atoms with Crippen LogP contribution in [0, 0.1) is 13.8 Å². The highest BCUT2D eigenvalue weighted by molar-refractivity contribution is 5.88. The van der Waals surface area contributed by atoms with Crippen LogP contribution in [0.5, 0.6) is 0 Å². The van der Waals surface area contributed by atoms with Crippen molar-refractivity contribution in [1.82, 2.24) is 9.97 Å². The highest BCUT2D eigenvalue weighted by atomic mass is 16.1. The predicted octanol–water partition coefficient (Wildman–Crippen LogP) is 2.96. The molecule has 0 radical (unpaired) electrons. The van der Waals surface area contributed by atoms with Gasteiger partial charge in [0, 0.05) is 28.8 Å². The van der Waals surface area contributed by atoms with E-state index >= 15 is 0 Å². The van der Waals surface area contributed by atoms with Crippen LogP contribution in [0.25, 0.3) is 11.1 Å². The van der Waals surface area contributed by atoms with Gasteiger partial charge in [-0.2, -0.15) is 0 Å². The SMILES string of the molecule is CC(=O)C=C(C)Nc1cc(-c2cc(C)nc(C)c2)c[nH]c1=O. The summed E-state index contributed by atoms with van der Waals surface area (Å²) in [5.41, 5.74) is 4.50. The number of hydrogen-bond acceptors (Lipinski definition) is 4. The molecule has 0 bridgehead atoms. The Hall–Kier alpha value is -2.69. The molecule has 0 fully saturated rings. The lowest BCUT2D eigenvalue weighted by molar-refractivity contribution is -0.112. The number of carbonyl (C=O) groups excluding carboxylic acids is 1. The van der Waals surface area contributed by atoms with Crippen molar-refractivity contribution in [3.63, 3.8) is 0 Å². The third-order valence-electron chi connectivity index (χ3n) is 3.07. The molecule has 0 unspecified atom stereocenters. The topological polar surface area (TPSA) is 74.8 Å². The number of nitrogens with zero attached hydrogens (tertiary/aromatic N) is 1. The molecule has 0 saturated carbocycles. The second kappa shape index (κ2) is 6.39. The Labute approximate surface area is 129 Å². The summed E-state index contributed by atoms with van der Waals surface area (Å²) in [6, 6.07) is 5.69. The number of rotatable bonds is 4. The van der Waals surface area contributed by atoms with Crippen LogP contribution in [-0.2, 0) is 4.79 Å². The zero-order chi connectivity index (χ0) is 16.3. The van der Waals surface area contributed by atoms with Gasteiger partial charge >= 0.3 is 0 Å². The van der Waals surface area contributed by atoms with Crippen molar-refractivity contribution in [2.75, 3.05) is 5.32 Å². The maximum absolute atomic E-state index is 11.9. The Morgan fingerprint density at radius 1 is 1.14 bits per heavy atom. The van der Waals surface area contributed by atoms with E-state index in [2.05, 4.69) is 15.3 Å². The van der Waals surface area contributed by atoms with Crippen LogP contribution in [-0.4, -0.2) is 15.8 Å². The molecule has 2 aromatic rings. The molecule has 5 nitrogen and oxygen atoms in total. The van der Waals surface area contributed by atoms with Crippen LogP contribution in [0.2, 0.25) is 0 Å². The minimum absolute atomic E-state index is 0.0713. The van der Waals surface area contributed by atoms with Gasteiger partial charge in [-0.15, -0.1) is 0 Å². The Kier molecular flexibility index (Phi) is 4.56. The van der Waals surface area contributed by atoms with Gasteiger partial charge in [0.05, 0.1) is 0 Å². The lowest BCUT2D eigenvalue weighted by Gasteiger charge is -2.09. The predicted molar refractivity (Wildman–Crippen MR) is 87.8 cm³/mol. The molecule has 0 aliphatic rings. The van der Waals surface area contributed by atoms with Gasteiger partial charge in [0.2, 0.25) is 0 Å². The highest BCUT2D eigenvalue weighted by Crippen LogP contribution is 2.21. The summed E-state index contributed by atoms with van der Waals surface area (Å²) >= 11 is 0. The van der Waals surface area contributed by atoms with E-state index in [1.165, 1.54) is 13.0 Å². The van der Waals surface area contributed by atoms with Gasteiger partial charge in [0.1, 0.15) is 5.69 Å². The molecule has 2 heterocycles. The van der Waals surface area contributed by atoms with E-state index in [4.69, 9.17) is 0 Å². The Morgan fingerprint density at radius 2 is 1.77 bits per heavy atom. The number of allylic oxidation sites excluding steroid dienone is 2. The largest absolute Gasteiger partial charge is 0.355 e. The third-order valence-corrected chi connectivity index (χ3v) is 3.07. The number of anilines is 1. The number of hydrogen-bond donors (Lipinski definition) is 2. The average molecular weight is 297 g/mol. The zero-order valence-electron chi connectivity index (χ0n) is 13.2. The molecule has 2 N–H and O–H groups in total. The summed E-state index contributed by atoms with van der Waals surface area (Å²) in [7, 11) is 0. The van der Waals surface area contributed by atoms with Crippen LogP contribution in [0.3, 0.4) is 0 Å². The number of aromatic nitrogens is 2. The number of ketones is 1. The second-order valence-electron chi connectivity index (χ2n) is 5.33. The molecule has 0 amide bonds. The molecule has 0 aromatic carbocycles. The Balaban J connectivity index is 2.42. The molecule has 0 saturated heterocycles. The first kappa shape index (κ1) is 15.7. The van der Waals surface area contributed by atoms with Crippen LogP contribution in [0.4, 0.5) is 5.69 Å². The first-order valence-electron chi connectivity index (χ1n) is 6.99. The number of pyridine rings is 2. The van der Waals surface area contributed by atoms with Crippen LogP contribution in [0.1, 0.15) is 25.2 Å². The van der Waals surface area contributed by atoms with Gasteiger partial charge in [-0.05, 0) is 57.5 Å². The molecule has 22 heavy (non-hydrogen) atoms. The van der Waals surface area contributed by atoms with Crippen molar-refractivity contribution >= 4 is 11.5 Å². The number of H-pyrrole nitrogens is 1. The lowest BCUT2D eigenvalue weighted by atomic mass is 10.1. The maximum atomic E-state index is 11.9. The van der Waals surface area contributed by atoms with E-state index in [1.54, 1.807) is 19.2 Å². The molecular weight excluding hydrogens is 278 g/mol. The fourth-order valence-corrected chi connectivity index (χ4v) is 2.30. The van der Waals surface area contributed by atoms with E-state index in [9.17, 15) is 9.59 Å². The minimum atomic E-state index is -0.234. The minimum Gasteiger partial charge on any atom is -0.355 e. The number of carbonyl (C=O) groups is 1. The van der Waals surface area contributed by atoms with E-state index in [0.717, 1.165) is 22.5 Å². The molecule has 0 spiro atoms. The molecule has 114 valence electrons. The van der Waals surface area contributed by atoms with Crippen molar-refractivity contribution in [1.29, 1.82) is 0 Å². The number of nitrogens with one attached hydrogen (secondary N) is 2. The Morgan fingerprint density at radius 3 is 2.36 bits per heavy atom. The van der Waals surface area contributed by atoms with E-state index in [1.807, 2.05) is 26.0 Å². The summed E-state index contributed by atoms with van der Waals surface area (Å²) < 4.78 is 0. The molecule has 5 heteroatoms. The number of aromatic amines is 1. The first-order chi connectivity index (χ1) is 10.3. The van der Waals surface area contributed by atoms with Crippen molar-refractivity contribution in [2.45, 2.75) is 27.7 Å². The summed E-state index contributed by atoms with van der Waals surface area (Å²) in [6.07, 6.45) is 3.12. The van der Waals surface area contributed by atoms with E-state index in [-0.39, 0.29) is 11.3 Å². The highest BCUT2D eigenvalue weighted by Gasteiger charge is 2.06. The monoisotopic (exact) mass is 297 g/mol. The molecule has 2 aromatic heterocycles. The number of aryl methyl sites for hydroxylation is 2. The summed E-state index contributed by atoms with van der Waals surface area (Å²) in [5.74, 6) is -0.0713. The van der Waals surface area contributed by atoms with Crippen molar-refractivity contribution in [2.24, 2.45) is 0 Å². The average Bonchev–Trinajstić information content (AvgIpc) is 2.39. The lowest BCUT2D eigenvalue weighted by Crippen LogP contribution is -2.13. The quantitative estimate of drug-likeness (QED) is 0.851. The maximum Gasteiger partial charge on any atom is 0.271 e. The zero-order valence-corrected chi connectivity index (χ0v) is 13.2. The van der Waals surface area contributed by atoms with Crippen LogP contribution < -0.4 is 10.9 Å². The van der Waals surface area contributed by atoms with Crippen LogP contribution in [0.15, 0.2) is 41.0 Å². The summed E-state index contributed by atoms with van der Waals surface area (Å²) in [6.45, 7) is 7.07. The third kappa shape index (κ3) is 3.91. The van der Waals surface area contributed by atoms with Crippen LogP contribution >= 0.6 is 0 Å². The van der Waals surface area contributed by atoms with E-state index < -0.39 is 0 Å². The molecule has 0 aliphatic heterocycles. The van der Waals surface area contributed by atoms with Gasteiger partial charge in [0.15, 0.2) is 5.78 Å². The normalized spacial score (nSPS) is 11.4. The van der Waals surface area contributed by atoms with Gasteiger partial charge in [-0.25, -0.2) is 0 Å². The van der Waals surface area contributed by atoms with Gasteiger partial charge in [0.25, 0.3) is 5.56 Å². The second-order valence-corrected chi connectivity index (χ2v) is 5.33. The smallest absolute Gasteiger partial charge is 0.271 e. The van der Waals surface area contributed by atoms with Crippen molar-refractivity contribution in [3.05, 3.63) is 57.9 Å². The summed E-state index contributed by atoms with van der Waals surface area (Å²) in [5, 5.41) is 2.96. The Bertz CT molecular complexity index is 784. The fraction of sp³-hybridized carbons (Fsp3) is 0.235. The van der Waals surface area contributed by atoms with Gasteiger partial charge in [-0.3, -0.25) is 14.6 Å². The van der Waals surface area contributed by atoms with Crippen molar-refractivity contribution in [3.8, 4) is 11.1 Å². The standard InChI is InChI=1S/C17H19N3O2/c1-10(5-13(4)21)20-16-8-15(9-18-17(16)22)14-6-11(2)19-12(3)7-14/h5-9,20H,1-4H3,(H,18,22). The van der Waals surface area contributed by atoms with Gasteiger partial charge < -0.3 is 10.3 Å². The summed E-state index contributed by atoms with van der Waals surface area (Å²) in [4.78, 5) is 30.1. The van der Waals surface area contributed by atoms with Gasteiger partial charge in [-0.1, -0.05) is 0 Å². The first-order valence-corrected chi connectivity index (χ1v) is 6.99.